The van der Waals surface area contributed by atoms with Gasteiger partial charge < -0.3 is 14.6 Å². The van der Waals surface area contributed by atoms with E-state index in [-0.39, 0.29) is 12.0 Å². The normalized spacial score (nSPS) is 18.3. The number of imidazole rings is 1. The molecule has 0 unspecified atom stereocenters. The van der Waals surface area contributed by atoms with Crippen LogP contribution >= 0.6 is 0 Å². The van der Waals surface area contributed by atoms with Gasteiger partial charge in [0, 0.05) is 19.7 Å². The average Bonchev–Trinajstić information content (AvgIpc) is 3.13. The summed E-state index contributed by atoms with van der Waals surface area (Å²) >= 11 is 0. The molecule has 21 heavy (non-hydrogen) atoms. The summed E-state index contributed by atoms with van der Waals surface area (Å²) in [6, 6.07) is 2.60. The van der Waals surface area contributed by atoms with Crippen LogP contribution in [0.2, 0.25) is 0 Å². The molecule has 5 nitrogen and oxygen atoms in total. The minimum atomic E-state index is -0.441. The first kappa shape index (κ1) is 14.0. The molecule has 2 aromatic rings. The number of halogens is 1. The molecule has 1 N–H and O–H groups in total. The zero-order valence-electron chi connectivity index (χ0n) is 11.9. The largest absolute Gasteiger partial charge is 0.376 e. The van der Waals surface area contributed by atoms with Crippen molar-refractivity contribution in [3.63, 3.8) is 0 Å². The van der Waals surface area contributed by atoms with Gasteiger partial charge in [-0.25, -0.2) is 9.37 Å². The maximum Gasteiger partial charge on any atom is 0.256 e. The Kier molecular flexibility index (Phi) is 3.88. The molecule has 0 saturated carbocycles. The number of ether oxygens (including phenoxy) is 1. The fourth-order valence-corrected chi connectivity index (χ4v) is 2.74. The maximum atomic E-state index is 13.7. The van der Waals surface area contributed by atoms with Gasteiger partial charge in [-0.3, -0.25) is 4.79 Å². The molecule has 0 aliphatic carbocycles. The molecule has 1 aromatic carbocycles. The number of benzene rings is 1. The molecule has 1 saturated heterocycles. The van der Waals surface area contributed by atoms with Crippen LogP contribution in [0.4, 0.5) is 4.39 Å². The van der Waals surface area contributed by atoms with E-state index in [1.807, 2.05) is 6.92 Å². The van der Waals surface area contributed by atoms with Crippen molar-refractivity contribution in [3.8, 4) is 0 Å². The molecule has 3 rings (SSSR count). The predicted molar refractivity (Wildman–Crippen MR) is 76.6 cm³/mol. The van der Waals surface area contributed by atoms with Crippen molar-refractivity contribution in [2.45, 2.75) is 25.9 Å². The summed E-state index contributed by atoms with van der Waals surface area (Å²) in [5.74, 6) is -0.645. The maximum absolute atomic E-state index is 13.7. The lowest BCUT2D eigenvalue weighted by Gasteiger charge is -2.24. The van der Waals surface area contributed by atoms with Crippen molar-refractivity contribution >= 4 is 16.9 Å². The lowest BCUT2D eigenvalue weighted by Crippen LogP contribution is -2.37. The Morgan fingerprint density at radius 2 is 2.43 bits per heavy atom. The van der Waals surface area contributed by atoms with Gasteiger partial charge >= 0.3 is 0 Å². The number of aromatic nitrogens is 2. The van der Waals surface area contributed by atoms with Gasteiger partial charge in [-0.2, -0.15) is 0 Å². The molecule has 6 heteroatoms. The van der Waals surface area contributed by atoms with Gasteiger partial charge in [0.2, 0.25) is 0 Å². The highest BCUT2D eigenvalue weighted by atomic mass is 19.1. The fourth-order valence-electron chi connectivity index (χ4n) is 2.74. The number of fused-ring (bicyclic) bond motifs is 1. The highest BCUT2D eigenvalue weighted by Gasteiger charge is 2.24. The van der Waals surface area contributed by atoms with Crippen molar-refractivity contribution < 1.29 is 13.9 Å². The van der Waals surface area contributed by atoms with Gasteiger partial charge in [0.1, 0.15) is 11.3 Å². The van der Waals surface area contributed by atoms with E-state index in [9.17, 15) is 9.18 Å². The second-order valence-corrected chi connectivity index (χ2v) is 5.23. The first-order valence-corrected chi connectivity index (χ1v) is 7.22. The predicted octanol–water partition coefficient (Wildman–Crippen LogP) is 2.34. The third-order valence-electron chi connectivity index (χ3n) is 3.84. The number of hydrogen-bond acceptors (Lipinski definition) is 3. The third kappa shape index (κ3) is 2.76. The second-order valence-electron chi connectivity index (χ2n) is 5.23. The summed E-state index contributed by atoms with van der Waals surface area (Å²) in [6.45, 7) is 3.76. The van der Waals surface area contributed by atoms with E-state index in [2.05, 4.69) is 9.97 Å². The molecule has 1 fully saturated rings. The summed E-state index contributed by atoms with van der Waals surface area (Å²) in [7, 11) is 0. The van der Waals surface area contributed by atoms with E-state index in [1.165, 1.54) is 18.5 Å². The van der Waals surface area contributed by atoms with Crippen LogP contribution in [0, 0.1) is 5.82 Å². The second kappa shape index (κ2) is 5.81. The zero-order valence-corrected chi connectivity index (χ0v) is 11.9. The number of hydrogen-bond donors (Lipinski definition) is 1. The zero-order chi connectivity index (χ0) is 14.8. The molecule has 112 valence electrons. The molecular weight excluding hydrogens is 273 g/mol. The van der Waals surface area contributed by atoms with E-state index in [0.717, 1.165) is 19.4 Å². The Bertz CT molecular complexity index is 649. The number of H-pyrrole nitrogens is 1. The minimum Gasteiger partial charge on any atom is -0.376 e. The Morgan fingerprint density at radius 1 is 1.57 bits per heavy atom. The van der Waals surface area contributed by atoms with Gasteiger partial charge in [-0.15, -0.1) is 0 Å². The van der Waals surface area contributed by atoms with Gasteiger partial charge in [-0.1, -0.05) is 0 Å². The van der Waals surface area contributed by atoms with Gasteiger partial charge in [0.25, 0.3) is 5.91 Å². The van der Waals surface area contributed by atoms with E-state index in [4.69, 9.17) is 4.74 Å². The van der Waals surface area contributed by atoms with E-state index < -0.39 is 5.82 Å². The van der Waals surface area contributed by atoms with Crippen LogP contribution < -0.4 is 0 Å². The molecule has 1 atom stereocenters. The molecule has 0 spiro atoms. The van der Waals surface area contributed by atoms with Crippen molar-refractivity contribution in [1.82, 2.24) is 14.9 Å². The fraction of sp³-hybridized carbons (Fsp3) is 0.467. The number of amides is 1. The molecular formula is C15H18FN3O2. The quantitative estimate of drug-likeness (QED) is 0.940. The summed E-state index contributed by atoms with van der Waals surface area (Å²) in [5.41, 5.74) is 1.34. The van der Waals surface area contributed by atoms with E-state index >= 15 is 0 Å². The van der Waals surface area contributed by atoms with Crippen LogP contribution in [-0.4, -0.2) is 46.6 Å². The van der Waals surface area contributed by atoms with Gasteiger partial charge in [0.15, 0.2) is 0 Å². The van der Waals surface area contributed by atoms with Crippen LogP contribution in [0.15, 0.2) is 18.5 Å². The Balaban J connectivity index is 1.88. The smallest absolute Gasteiger partial charge is 0.256 e. The summed E-state index contributed by atoms with van der Waals surface area (Å²) in [4.78, 5) is 21.3. The van der Waals surface area contributed by atoms with Crippen LogP contribution in [0.5, 0.6) is 0 Å². The van der Waals surface area contributed by atoms with E-state index in [1.54, 1.807) is 4.90 Å². The van der Waals surface area contributed by atoms with Crippen molar-refractivity contribution in [2.24, 2.45) is 0 Å². The molecule has 1 aliphatic heterocycles. The monoisotopic (exact) mass is 291 g/mol. The first-order chi connectivity index (χ1) is 10.2. The summed E-state index contributed by atoms with van der Waals surface area (Å²) in [5, 5.41) is 0. The standard InChI is InChI=1S/C15H18FN3O2/c1-2-19(8-11-4-3-5-21-11)15(20)12-6-10(16)7-13-14(12)18-9-17-13/h6-7,9,11H,2-5,8H2,1H3,(H,17,18)/t11-/m0/s1. The summed E-state index contributed by atoms with van der Waals surface area (Å²) in [6.07, 6.45) is 3.54. The van der Waals surface area contributed by atoms with Crippen LogP contribution in [0.1, 0.15) is 30.1 Å². The Labute approximate surface area is 122 Å². The molecule has 1 aromatic heterocycles. The number of aromatic amines is 1. The molecule has 2 heterocycles. The summed E-state index contributed by atoms with van der Waals surface area (Å²) < 4.78 is 19.2. The molecule has 1 aliphatic rings. The SMILES string of the molecule is CCN(C[C@@H]1CCCO1)C(=O)c1cc(F)cc2[nH]cnc12. The average molecular weight is 291 g/mol. The molecule has 0 radical (unpaired) electrons. The number of nitrogens with zero attached hydrogens (tertiary/aromatic N) is 2. The Hall–Kier alpha value is -1.95. The lowest BCUT2D eigenvalue weighted by atomic mass is 10.1. The van der Waals surface area contributed by atoms with Crippen LogP contribution in [-0.2, 0) is 4.74 Å². The molecule has 1 amide bonds. The number of nitrogens with one attached hydrogen (secondary N) is 1. The highest BCUT2D eigenvalue weighted by molar-refractivity contribution is 6.04. The van der Waals surface area contributed by atoms with Crippen molar-refractivity contribution in [3.05, 3.63) is 29.8 Å². The van der Waals surface area contributed by atoms with E-state index in [0.29, 0.717) is 29.7 Å². The van der Waals surface area contributed by atoms with Crippen molar-refractivity contribution in [2.75, 3.05) is 19.7 Å². The number of carbonyl (C=O) groups is 1. The van der Waals surface area contributed by atoms with Gasteiger partial charge in [0.05, 0.1) is 23.5 Å². The Morgan fingerprint density at radius 3 is 3.14 bits per heavy atom. The third-order valence-corrected chi connectivity index (χ3v) is 3.84. The highest BCUT2D eigenvalue weighted by Crippen LogP contribution is 2.20. The lowest BCUT2D eigenvalue weighted by molar-refractivity contribution is 0.0540. The minimum absolute atomic E-state index is 0.0807. The number of carbonyl (C=O) groups excluding carboxylic acids is 1. The van der Waals surface area contributed by atoms with Crippen LogP contribution in [0.25, 0.3) is 11.0 Å². The number of likely N-dealkylation sites (N-methyl/N-ethyl adjacent to an activating group) is 1. The first-order valence-electron chi connectivity index (χ1n) is 7.22. The molecule has 0 bridgehead atoms. The topological polar surface area (TPSA) is 58.2 Å². The number of rotatable bonds is 4. The van der Waals surface area contributed by atoms with Gasteiger partial charge in [-0.05, 0) is 31.9 Å². The van der Waals surface area contributed by atoms with Crippen LogP contribution in [0.3, 0.4) is 0 Å². The van der Waals surface area contributed by atoms with Crippen molar-refractivity contribution in [1.29, 1.82) is 0 Å².